The molecular formula is C15H15ClN2O2. The predicted molar refractivity (Wildman–Crippen MR) is 81.3 cm³/mol. The monoisotopic (exact) mass is 290 g/mol. The van der Waals surface area contributed by atoms with Crippen LogP contribution in [0.15, 0.2) is 33.9 Å². The third kappa shape index (κ3) is 3.27. The summed E-state index contributed by atoms with van der Waals surface area (Å²) in [6, 6.07) is 7.10. The summed E-state index contributed by atoms with van der Waals surface area (Å²) in [5.41, 5.74) is 0.00364. The van der Waals surface area contributed by atoms with Crippen LogP contribution in [-0.2, 0) is 0 Å². The first-order chi connectivity index (χ1) is 9.47. The number of halogens is 1. The Morgan fingerprint density at radius 1 is 1.05 bits per heavy atom. The van der Waals surface area contributed by atoms with E-state index in [1.54, 1.807) is 30.4 Å². The van der Waals surface area contributed by atoms with E-state index >= 15 is 0 Å². The second-order valence-corrected chi connectivity index (χ2v) is 5.22. The molecule has 1 aromatic heterocycles. The number of hydrogen-bond acceptors (Lipinski definition) is 2. The zero-order chi connectivity index (χ0) is 14.7. The number of rotatable bonds is 2. The average molecular weight is 291 g/mol. The topological polar surface area (TPSA) is 65.7 Å². The molecule has 2 rings (SSSR count). The molecule has 2 N–H and O–H groups in total. The molecule has 0 aliphatic rings. The molecule has 104 valence electrons. The quantitative estimate of drug-likeness (QED) is 0.866. The first kappa shape index (κ1) is 14.3. The molecule has 0 aliphatic heterocycles. The summed E-state index contributed by atoms with van der Waals surface area (Å²) < 4.78 is 0. The molecule has 5 heteroatoms. The van der Waals surface area contributed by atoms with Crippen LogP contribution in [0.1, 0.15) is 19.4 Å². The van der Waals surface area contributed by atoms with Gasteiger partial charge in [0.15, 0.2) is 0 Å². The van der Waals surface area contributed by atoms with E-state index in [4.69, 9.17) is 11.6 Å². The van der Waals surface area contributed by atoms with Crippen molar-refractivity contribution in [3.8, 4) is 0 Å². The van der Waals surface area contributed by atoms with Crippen LogP contribution in [0.2, 0.25) is 5.02 Å². The van der Waals surface area contributed by atoms with Crippen LogP contribution in [0, 0.1) is 5.92 Å². The van der Waals surface area contributed by atoms with E-state index in [2.05, 4.69) is 9.97 Å². The summed E-state index contributed by atoms with van der Waals surface area (Å²) in [6.45, 7) is 3.86. The van der Waals surface area contributed by atoms with E-state index in [1.165, 1.54) is 0 Å². The van der Waals surface area contributed by atoms with Crippen LogP contribution in [0.25, 0.3) is 12.2 Å². The van der Waals surface area contributed by atoms with Crippen LogP contribution in [0.3, 0.4) is 0 Å². The molecule has 0 saturated carbocycles. The fourth-order valence-electron chi connectivity index (χ4n) is 1.79. The van der Waals surface area contributed by atoms with Gasteiger partial charge in [-0.2, -0.15) is 0 Å². The van der Waals surface area contributed by atoms with Crippen molar-refractivity contribution in [2.75, 3.05) is 0 Å². The number of hydrogen-bond donors (Lipinski definition) is 2. The van der Waals surface area contributed by atoms with Crippen molar-refractivity contribution < 1.29 is 0 Å². The summed E-state index contributed by atoms with van der Waals surface area (Å²) >= 11 is 6.02. The summed E-state index contributed by atoms with van der Waals surface area (Å²) in [7, 11) is 0. The van der Waals surface area contributed by atoms with Gasteiger partial charge in [0.25, 0.3) is 11.1 Å². The summed E-state index contributed by atoms with van der Waals surface area (Å²) in [5.74, 6) is 0.171. The Balaban J connectivity index is 2.67. The Morgan fingerprint density at radius 2 is 1.65 bits per heavy atom. The number of nitrogens with one attached hydrogen (secondary N) is 2. The highest BCUT2D eigenvalue weighted by Crippen LogP contribution is 2.14. The highest BCUT2D eigenvalue weighted by Gasteiger charge is 1.99. The Hall–Kier alpha value is -2.07. The van der Waals surface area contributed by atoms with Gasteiger partial charge in [-0.3, -0.25) is 9.59 Å². The van der Waals surface area contributed by atoms with Crippen molar-refractivity contribution in [1.82, 2.24) is 9.97 Å². The van der Waals surface area contributed by atoms with Gasteiger partial charge in [-0.15, -0.1) is 0 Å². The molecule has 2 aromatic rings. The van der Waals surface area contributed by atoms with E-state index in [0.717, 1.165) is 0 Å². The van der Waals surface area contributed by atoms with Crippen molar-refractivity contribution in [2.45, 2.75) is 13.8 Å². The molecule has 1 aromatic carbocycles. The minimum Gasteiger partial charge on any atom is -0.316 e. The van der Waals surface area contributed by atoms with Crippen LogP contribution < -0.4 is 21.8 Å². The fourth-order valence-corrected chi connectivity index (χ4v) is 1.98. The van der Waals surface area contributed by atoms with Crippen LogP contribution in [0.4, 0.5) is 0 Å². The summed E-state index contributed by atoms with van der Waals surface area (Å²) in [6.07, 6.45) is 3.27. The zero-order valence-electron chi connectivity index (χ0n) is 11.2. The van der Waals surface area contributed by atoms with Crippen molar-refractivity contribution in [3.05, 3.63) is 66.3 Å². The molecule has 0 spiro atoms. The van der Waals surface area contributed by atoms with Gasteiger partial charge in [-0.05, 0) is 23.6 Å². The SMILES string of the molecule is CC(C)C=c1[nH]c(=O)c(=Cc2ccccc2Cl)[nH]c1=O. The minimum absolute atomic E-state index is 0.171. The maximum atomic E-state index is 12.0. The predicted octanol–water partition coefficient (Wildman–Crippen LogP) is 0.982. The third-order valence-electron chi connectivity index (χ3n) is 2.69. The summed E-state index contributed by atoms with van der Waals surface area (Å²) in [5, 5.41) is 0.982. The summed E-state index contributed by atoms with van der Waals surface area (Å²) in [4.78, 5) is 29.0. The molecular weight excluding hydrogens is 276 g/mol. The zero-order valence-corrected chi connectivity index (χ0v) is 12.0. The van der Waals surface area contributed by atoms with Gasteiger partial charge in [-0.25, -0.2) is 0 Å². The fraction of sp³-hybridized carbons (Fsp3) is 0.200. The lowest BCUT2D eigenvalue weighted by Crippen LogP contribution is -2.47. The second-order valence-electron chi connectivity index (χ2n) is 4.81. The maximum absolute atomic E-state index is 12.0. The maximum Gasteiger partial charge on any atom is 0.272 e. The van der Waals surface area contributed by atoms with Gasteiger partial charge in [0.1, 0.15) is 10.7 Å². The number of aromatic nitrogens is 2. The van der Waals surface area contributed by atoms with Crippen LogP contribution >= 0.6 is 11.6 Å². The van der Waals surface area contributed by atoms with Gasteiger partial charge in [0.2, 0.25) is 0 Å². The Labute approximate surface area is 120 Å². The molecule has 0 amide bonds. The van der Waals surface area contributed by atoms with E-state index < -0.39 is 0 Å². The third-order valence-corrected chi connectivity index (χ3v) is 3.03. The van der Waals surface area contributed by atoms with Crippen molar-refractivity contribution in [3.63, 3.8) is 0 Å². The smallest absolute Gasteiger partial charge is 0.272 e. The Bertz CT molecular complexity index is 847. The van der Waals surface area contributed by atoms with E-state index in [-0.39, 0.29) is 27.7 Å². The number of aromatic amines is 2. The molecule has 0 saturated heterocycles. The molecule has 1 heterocycles. The first-order valence-corrected chi connectivity index (χ1v) is 6.66. The lowest BCUT2D eigenvalue weighted by atomic mass is 10.2. The molecule has 0 atom stereocenters. The first-order valence-electron chi connectivity index (χ1n) is 6.28. The van der Waals surface area contributed by atoms with Gasteiger partial charge in [0.05, 0.1) is 0 Å². The van der Waals surface area contributed by atoms with Gasteiger partial charge < -0.3 is 9.97 Å². The van der Waals surface area contributed by atoms with Crippen LogP contribution in [-0.4, -0.2) is 9.97 Å². The van der Waals surface area contributed by atoms with E-state index in [9.17, 15) is 9.59 Å². The van der Waals surface area contributed by atoms with Gasteiger partial charge in [-0.1, -0.05) is 49.7 Å². The average Bonchev–Trinajstić information content (AvgIpc) is 2.37. The standard InChI is InChI=1S/C15H15ClN2O2/c1-9(2)7-12-14(19)18-13(15(20)17-12)8-10-5-3-4-6-11(10)16/h3-9H,1-2H3,(H,17,20)(H,18,19). The lowest BCUT2D eigenvalue weighted by Gasteiger charge is -1.97. The molecule has 20 heavy (non-hydrogen) atoms. The van der Waals surface area contributed by atoms with E-state index in [0.29, 0.717) is 10.6 Å². The van der Waals surface area contributed by atoms with Crippen molar-refractivity contribution in [1.29, 1.82) is 0 Å². The largest absolute Gasteiger partial charge is 0.316 e. The molecule has 0 radical (unpaired) electrons. The van der Waals surface area contributed by atoms with E-state index in [1.807, 2.05) is 19.9 Å². The highest BCUT2D eigenvalue weighted by molar-refractivity contribution is 6.32. The molecule has 0 aliphatic carbocycles. The minimum atomic E-state index is -0.351. The normalized spacial score (nSPS) is 13.2. The lowest BCUT2D eigenvalue weighted by molar-refractivity contribution is 0.866. The highest BCUT2D eigenvalue weighted by atomic mass is 35.5. The Kier molecular flexibility index (Phi) is 4.25. The van der Waals surface area contributed by atoms with Crippen molar-refractivity contribution in [2.24, 2.45) is 5.92 Å². The number of H-pyrrole nitrogens is 2. The van der Waals surface area contributed by atoms with Gasteiger partial charge in [0, 0.05) is 5.02 Å². The Morgan fingerprint density at radius 3 is 2.30 bits per heavy atom. The second kappa shape index (κ2) is 5.92. The van der Waals surface area contributed by atoms with Crippen molar-refractivity contribution >= 4 is 23.8 Å². The van der Waals surface area contributed by atoms with Crippen LogP contribution in [0.5, 0.6) is 0 Å². The van der Waals surface area contributed by atoms with Gasteiger partial charge >= 0.3 is 0 Å². The molecule has 0 fully saturated rings. The molecule has 0 bridgehead atoms. The number of benzene rings is 1. The molecule has 0 unspecified atom stereocenters. The molecule has 4 nitrogen and oxygen atoms in total.